The van der Waals surface area contributed by atoms with Crippen LogP contribution in [0.4, 0.5) is 0 Å². The minimum Gasteiger partial charge on any atom is -0.268 e. The lowest BCUT2D eigenvalue weighted by atomic mass is 9.98. The summed E-state index contributed by atoms with van der Waals surface area (Å²) in [5.74, 6) is -0.144. The van der Waals surface area contributed by atoms with Crippen molar-refractivity contribution in [2.75, 3.05) is 0 Å². The van der Waals surface area contributed by atoms with Crippen molar-refractivity contribution in [1.29, 1.82) is 0 Å². The number of carbonyl (C=O) groups excluding carboxylic acids is 1. The Morgan fingerprint density at radius 3 is 2.25 bits per heavy atom. The van der Waals surface area contributed by atoms with Gasteiger partial charge in [-0.25, -0.2) is 5.01 Å². The molecule has 138 valence electrons. The summed E-state index contributed by atoms with van der Waals surface area (Å²) in [5, 5.41) is 6.92. The Balaban J connectivity index is 1.64. The normalized spacial score (nSPS) is 16.4. The molecule has 0 aromatic heterocycles. The fourth-order valence-electron chi connectivity index (χ4n) is 3.27. The van der Waals surface area contributed by atoms with Gasteiger partial charge in [0, 0.05) is 17.5 Å². The molecule has 1 aliphatic heterocycles. The SMILES string of the molecule is O=C(/C=C/c1ccccc1)N1N=C(c2ccccc2)C[C@H]1c1ccc(Cl)cc1. The highest BCUT2D eigenvalue weighted by atomic mass is 35.5. The van der Waals surface area contributed by atoms with Crippen LogP contribution < -0.4 is 0 Å². The quantitative estimate of drug-likeness (QED) is 0.527. The number of hydrazone groups is 1. The molecule has 3 nitrogen and oxygen atoms in total. The van der Waals surface area contributed by atoms with Gasteiger partial charge in [-0.1, -0.05) is 84.4 Å². The van der Waals surface area contributed by atoms with Crippen molar-refractivity contribution >= 4 is 29.3 Å². The summed E-state index contributed by atoms with van der Waals surface area (Å²) in [4.78, 5) is 13.0. The van der Waals surface area contributed by atoms with Crippen molar-refractivity contribution in [1.82, 2.24) is 5.01 Å². The van der Waals surface area contributed by atoms with Crippen LogP contribution in [-0.2, 0) is 4.79 Å². The third-order valence-corrected chi connectivity index (χ3v) is 4.97. The molecule has 1 amide bonds. The first kappa shape index (κ1) is 18.2. The molecular weight excluding hydrogens is 368 g/mol. The summed E-state index contributed by atoms with van der Waals surface area (Å²) in [6.07, 6.45) is 4.06. The van der Waals surface area contributed by atoms with Crippen LogP contribution in [0.3, 0.4) is 0 Å². The van der Waals surface area contributed by atoms with Crippen molar-refractivity contribution in [2.24, 2.45) is 5.10 Å². The third-order valence-electron chi connectivity index (χ3n) is 4.72. The van der Waals surface area contributed by atoms with Gasteiger partial charge in [0.2, 0.25) is 0 Å². The minimum atomic E-state index is -0.152. The Kier molecular flexibility index (Phi) is 5.36. The van der Waals surface area contributed by atoms with E-state index in [1.54, 1.807) is 11.1 Å². The highest BCUT2D eigenvalue weighted by Gasteiger charge is 2.32. The lowest BCUT2D eigenvalue weighted by molar-refractivity contribution is -0.127. The van der Waals surface area contributed by atoms with Gasteiger partial charge in [-0.2, -0.15) is 5.10 Å². The van der Waals surface area contributed by atoms with E-state index >= 15 is 0 Å². The van der Waals surface area contributed by atoms with E-state index in [9.17, 15) is 4.79 Å². The van der Waals surface area contributed by atoms with Gasteiger partial charge >= 0.3 is 0 Å². The number of benzene rings is 3. The molecule has 0 aliphatic carbocycles. The molecule has 1 aliphatic rings. The highest BCUT2D eigenvalue weighted by Crippen LogP contribution is 2.33. The van der Waals surface area contributed by atoms with Gasteiger partial charge < -0.3 is 0 Å². The maximum absolute atomic E-state index is 13.0. The summed E-state index contributed by atoms with van der Waals surface area (Å²) in [5.41, 5.74) is 3.93. The first-order chi connectivity index (χ1) is 13.7. The van der Waals surface area contributed by atoms with Crippen molar-refractivity contribution < 1.29 is 4.79 Å². The summed E-state index contributed by atoms with van der Waals surface area (Å²) < 4.78 is 0. The smallest absolute Gasteiger partial charge is 0.267 e. The molecule has 0 N–H and O–H groups in total. The van der Waals surface area contributed by atoms with Crippen LogP contribution in [0.5, 0.6) is 0 Å². The van der Waals surface area contributed by atoms with Crippen molar-refractivity contribution in [3.63, 3.8) is 0 Å². The van der Waals surface area contributed by atoms with Crippen molar-refractivity contribution in [2.45, 2.75) is 12.5 Å². The third kappa shape index (κ3) is 4.05. The van der Waals surface area contributed by atoms with E-state index in [0.29, 0.717) is 11.4 Å². The highest BCUT2D eigenvalue weighted by molar-refractivity contribution is 6.30. The largest absolute Gasteiger partial charge is 0.268 e. The van der Waals surface area contributed by atoms with Crippen LogP contribution >= 0.6 is 11.6 Å². The van der Waals surface area contributed by atoms with E-state index in [1.807, 2.05) is 91.0 Å². The number of nitrogens with zero attached hydrogens (tertiary/aromatic N) is 2. The monoisotopic (exact) mass is 386 g/mol. The van der Waals surface area contributed by atoms with Crippen LogP contribution in [0.25, 0.3) is 6.08 Å². The van der Waals surface area contributed by atoms with Crippen LogP contribution in [0.2, 0.25) is 5.02 Å². The number of hydrogen-bond acceptors (Lipinski definition) is 2. The molecule has 0 spiro atoms. The predicted molar refractivity (Wildman–Crippen MR) is 114 cm³/mol. The van der Waals surface area contributed by atoms with Crippen molar-refractivity contribution in [3.05, 3.63) is 113 Å². The summed E-state index contributed by atoms with van der Waals surface area (Å²) in [7, 11) is 0. The van der Waals surface area contributed by atoms with Crippen LogP contribution in [0.15, 0.2) is 96.1 Å². The molecular formula is C24H19ClN2O. The second-order valence-electron chi connectivity index (χ2n) is 6.61. The number of halogens is 1. The first-order valence-electron chi connectivity index (χ1n) is 9.15. The second kappa shape index (κ2) is 8.24. The van der Waals surface area contributed by atoms with Crippen LogP contribution in [0.1, 0.15) is 29.2 Å². The molecule has 0 bridgehead atoms. The molecule has 0 saturated carbocycles. The zero-order chi connectivity index (χ0) is 19.3. The summed E-state index contributed by atoms with van der Waals surface area (Å²) in [6.45, 7) is 0. The Morgan fingerprint density at radius 1 is 0.929 bits per heavy atom. The van der Waals surface area contributed by atoms with Gasteiger partial charge in [-0.05, 0) is 34.9 Å². The maximum atomic E-state index is 13.0. The molecule has 28 heavy (non-hydrogen) atoms. The standard InChI is InChI=1S/C24H19ClN2O/c25-21-14-12-20(13-15-21)23-17-22(19-9-5-2-6-10-19)26-27(23)24(28)16-11-18-7-3-1-4-8-18/h1-16,23H,17H2/b16-11+/t23-/m0/s1. The Hall–Kier alpha value is -3.17. The number of carbonyl (C=O) groups is 1. The molecule has 3 aromatic rings. The zero-order valence-electron chi connectivity index (χ0n) is 15.2. The van der Waals surface area contributed by atoms with Gasteiger partial charge in [0.25, 0.3) is 5.91 Å². The summed E-state index contributed by atoms with van der Waals surface area (Å²) in [6, 6.07) is 27.2. The molecule has 1 heterocycles. The topological polar surface area (TPSA) is 32.7 Å². The Labute approximate surface area is 169 Å². The van der Waals surface area contributed by atoms with E-state index in [1.165, 1.54) is 0 Å². The minimum absolute atomic E-state index is 0.144. The average molecular weight is 387 g/mol. The maximum Gasteiger partial charge on any atom is 0.267 e. The van der Waals surface area contributed by atoms with E-state index in [0.717, 1.165) is 22.4 Å². The summed E-state index contributed by atoms with van der Waals surface area (Å²) >= 11 is 6.04. The fourth-order valence-corrected chi connectivity index (χ4v) is 3.40. The van der Waals surface area contributed by atoms with E-state index in [-0.39, 0.29) is 11.9 Å². The van der Waals surface area contributed by atoms with E-state index < -0.39 is 0 Å². The van der Waals surface area contributed by atoms with Gasteiger partial charge in [0.15, 0.2) is 0 Å². The first-order valence-corrected chi connectivity index (χ1v) is 9.53. The fraction of sp³-hybridized carbons (Fsp3) is 0.0833. The van der Waals surface area contributed by atoms with Crippen molar-refractivity contribution in [3.8, 4) is 0 Å². The number of rotatable bonds is 4. The molecule has 0 unspecified atom stereocenters. The van der Waals surface area contributed by atoms with Gasteiger partial charge in [0.05, 0.1) is 11.8 Å². The number of amides is 1. The van der Waals surface area contributed by atoms with E-state index in [4.69, 9.17) is 11.6 Å². The molecule has 0 saturated heterocycles. The Bertz CT molecular complexity index is 1010. The molecule has 1 atom stereocenters. The molecule has 4 heteroatoms. The van der Waals surface area contributed by atoms with Crippen LogP contribution in [0, 0.1) is 0 Å². The number of hydrogen-bond donors (Lipinski definition) is 0. The lowest BCUT2D eigenvalue weighted by Crippen LogP contribution is -2.25. The predicted octanol–water partition coefficient (Wildman–Crippen LogP) is 5.73. The Morgan fingerprint density at radius 2 is 1.57 bits per heavy atom. The van der Waals surface area contributed by atoms with Gasteiger partial charge in [0.1, 0.15) is 0 Å². The van der Waals surface area contributed by atoms with E-state index in [2.05, 4.69) is 5.10 Å². The lowest BCUT2D eigenvalue weighted by Gasteiger charge is -2.20. The zero-order valence-corrected chi connectivity index (χ0v) is 16.0. The van der Waals surface area contributed by atoms with Crippen LogP contribution in [-0.4, -0.2) is 16.6 Å². The molecule has 0 radical (unpaired) electrons. The molecule has 3 aromatic carbocycles. The average Bonchev–Trinajstić information content (AvgIpc) is 3.19. The van der Waals surface area contributed by atoms with Gasteiger partial charge in [-0.3, -0.25) is 4.79 Å². The molecule has 4 rings (SSSR count). The van der Waals surface area contributed by atoms with Gasteiger partial charge in [-0.15, -0.1) is 0 Å². The molecule has 0 fully saturated rings. The second-order valence-corrected chi connectivity index (χ2v) is 7.05.